The molecular formula is C55H61F8N7O6. The zero-order chi connectivity index (χ0) is 54.1. The monoisotopic (exact) mass is 1070 g/mol. The second kappa shape index (κ2) is 24.7. The Labute approximate surface area is 435 Å². The summed E-state index contributed by atoms with van der Waals surface area (Å²) >= 11 is 0. The van der Waals surface area contributed by atoms with Crippen LogP contribution in [-0.4, -0.2) is 127 Å². The summed E-state index contributed by atoms with van der Waals surface area (Å²) in [4.78, 5) is 72.6. The van der Waals surface area contributed by atoms with Crippen molar-refractivity contribution in [3.05, 3.63) is 142 Å². The van der Waals surface area contributed by atoms with Gasteiger partial charge in [0.05, 0.1) is 24.3 Å². The van der Waals surface area contributed by atoms with E-state index < -0.39 is 53.2 Å². The maximum Gasteiger partial charge on any atom is 0.416 e. The van der Waals surface area contributed by atoms with Gasteiger partial charge in [-0.25, -0.2) is 8.78 Å². The number of nitrogens with zero attached hydrogens (tertiary/aromatic N) is 3. The first kappa shape index (κ1) is 55.8. The maximum absolute atomic E-state index is 14.8. The highest BCUT2D eigenvalue weighted by atomic mass is 19.4. The minimum absolute atomic E-state index is 0.0170. The normalized spacial score (nSPS) is 20.6. The summed E-state index contributed by atoms with van der Waals surface area (Å²) in [5.41, 5.74) is 0.737. The smallest absolute Gasteiger partial charge is 0.378 e. The van der Waals surface area contributed by atoms with E-state index in [2.05, 4.69) is 26.2 Å². The van der Waals surface area contributed by atoms with E-state index in [0.29, 0.717) is 84.8 Å². The van der Waals surface area contributed by atoms with Crippen LogP contribution in [0.1, 0.15) is 112 Å². The number of amides is 5. The first-order chi connectivity index (χ1) is 36.3. The molecule has 2 unspecified atom stereocenters. The SMILES string of the molecule is O=C(CCC[C@H](NC(=O)c1ccc(C(F)(F)F)cc1)C(=O)N1CCOCC1)NC1C[C@H]1c1ccc(F)cc1CN1CCN(C(=O)[C@H](CCCCNC2C[C@H]2c2ccc(F)cc2)NC(=O)c2ccc(C(F)(F)F)cc2)CC1. The van der Waals surface area contributed by atoms with Crippen LogP contribution in [0.2, 0.25) is 0 Å². The molecule has 2 saturated carbocycles. The summed E-state index contributed by atoms with van der Waals surface area (Å²) in [6.07, 6.45) is -5.82. The molecule has 0 spiro atoms. The number of unbranched alkanes of at least 4 members (excludes halogenated alkanes) is 1. The van der Waals surface area contributed by atoms with Crippen LogP contribution in [0, 0.1) is 11.6 Å². The van der Waals surface area contributed by atoms with Gasteiger partial charge in [-0.05, 0) is 141 Å². The summed E-state index contributed by atoms with van der Waals surface area (Å²) in [6, 6.07) is 16.4. The van der Waals surface area contributed by atoms with Gasteiger partial charge in [0, 0.05) is 87.3 Å². The molecule has 6 atom stereocenters. The molecule has 2 aliphatic carbocycles. The van der Waals surface area contributed by atoms with Crippen LogP contribution in [0.3, 0.4) is 0 Å². The summed E-state index contributed by atoms with van der Waals surface area (Å²) < 4.78 is 113. The lowest BCUT2D eigenvalue weighted by atomic mass is 10.0. The zero-order valence-electron chi connectivity index (χ0n) is 41.7. The third kappa shape index (κ3) is 15.1. The number of ether oxygens (including phenoxy) is 1. The van der Waals surface area contributed by atoms with Gasteiger partial charge in [-0.3, -0.25) is 28.9 Å². The van der Waals surface area contributed by atoms with Gasteiger partial charge in [-0.2, -0.15) is 26.3 Å². The second-order valence-corrected chi connectivity index (χ2v) is 19.9. The predicted octanol–water partition coefficient (Wildman–Crippen LogP) is 7.56. The molecule has 408 valence electrons. The predicted molar refractivity (Wildman–Crippen MR) is 264 cm³/mol. The molecule has 4 aromatic carbocycles. The number of piperazine rings is 1. The Morgan fingerprint density at radius 3 is 1.68 bits per heavy atom. The molecule has 13 nitrogen and oxygen atoms in total. The van der Waals surface area contributed by atoms with Gasteiger partial charge >= 0.3 is 12.4 Å². The quantitative estimate of drug-likeness (QED) is 0.0493. The highest BCUT2D eigenvalue weighted by Gasteiger charge is 2.42. The molecule has 8 rings (SSSR count). The van der Waals surface area contributed by atoms with Crippen LogP contribution < -0.4 is 21.3 Å². The molecule has 5 amide bonds. The van der Waals surface area contributed by atoms with E-state index in [1.165, 1.54) is 29.2 Å². The molecule has 4 aliphatic rings. The first-order valence-electron chi connectivity index (χ1n) is 25.7. The van der Waals surface area contributed by atoms with Crippen molar-refractivity contribution in [2.24, 2.45) is 0 Å². The van der Waals surface area contributed by atoms with Crippen molar-refractivity contribution in [1.82, 2.24) is 36.0 Å². The van der Waals surface area contributed by atoms with E-state index in [1.807, 2.05) is 0 Å². The van der Waals surface area contributed by atoms with Crippen molar-refractivity contribution in [3.8, 4) is 0 Å². The number of carbonyl (C=O) groups excluding carboxylic acids is 5. The van der Waals surface area contributed by atoms with Crippen molar-refractivity contribution >= 4 is 29.5 Å². The fourth-order valence-corrected chi connectivity index (χ4v) is 9.99. The van der Waals surface area contributed by atoms with E-state index in [0.717, 1.165) is 71.6 Å². The molecule has 2 heterocycles. The average Bonchev–Trinajstić information content (AvgIpc) is 4.35. The molecule has 4 fully saturated rings. The largest absolute Gasteiger partial charge is 0.416 e. The van der Waals surface area contributed by atoms with Crippen LogP contribution >= 0.6 is 0 Å². The Bertz CT molecular complexity index is 2660. The number of halogens is 8. The number of hydrogen-bond donors (Lipinski definition) is 4. The van der Waals surface area contributed by atoms with Crippen LogP contribution in [-0.2, 0) is 38.0 Å². The maximum atomic E-state index is 14.8. The first-order valence-corrected chi connectivity index (χ1v) is 25.7. The summed E-state index contributed by atoms with van der Waals surface area (Å²) in [5.74, 6) is -2.96. The fraction of sp³-hybridized carbons (Fsp3) is 0.473. The van der Waals surface area contributed by atoms with Crippen molar-refractivity contribution < 1.29 is 63.8 Å². The van der Waals surface area contributed by atoms with Gasteiger partial charge in [-0.15, -0.1) is 0 Å². The number of benzene rings is 4. The van der Waals surface area contributed by atoms with Crippen LogP contribution in [0.25, 0.3) is 0 Å². The Morgan fingerprint density at radius 1 is 0.592 bits per heavy atom. The van der Waals surface area contributed by atoms with Crippen LogP contribution in [0.15, 0.2) is 91.0 Å². The molecule has 0 aromatic heterocycles. The number of morpholine rings is 1. The Hall–Kier alpha value is -6.45. The van der Waals surface area contributed by atoms with E-state index in [4.69, 9.17) is 4.74 Å². The lowest BCUT2D eigenvalue weighted by molar-refractivity contribution is -0.138. The van der Waals surface area contributed by atoms with Gasteiger partial charge in [0.1, 0.15) is 23.7 Å². The zero-order valence-corrected chi connectivity index (χ0v) is 41.7. The molecule has 4 N–H and O–H groups in total. The van der Waals surface area contributed by atoms with Crippen molar-refractivity contribution in [2.45, 2.75) is 106 Å². The molecule has 2 saturated heterocycles. The number of nitrogens with one attached hydrogen (secondary N) is 4. The van der Waals surface area contributed by atoms with Crippen LogP contribution in [0.4, 0.5) is 35.1 Å². The lowest BCUT2D eigenvalue weighted by Gasteiger charge is -2.37. The third-order valence-electron chi connectivity index (χ3n) is 14.5. The van der Waals surface area contributed by atoms with E-state index in [1.54, 1.807) is 23.1 Å². The van der Waals surface area contributed by atoms with E-state index in [-0.39, 0.29) is 84.3 Å². The lowest BCUT2D eigenvalue weighted by Crippen LogP contribution is -2.54. The second-order valence-electron chi connectivity index (χ2n) is 19.9. The topological polar surface area (TPSA) is 152 Å². The van der Waals surface area contributed by atoms with Crippen LogP contribution in [0.5, 0.6) is 0 Å². The average molecular weight is 1070 g/mol. The fourth-order valence-electron chi connectivity index (χ4n) is 9.99. The van der Waals surface area contributed by atoms with E-state index >= 15 is 0 Å². The number of carbonyl (C=O) groups is 5. The number of rotatable bonds is 21. The summed E-state index contributed by atoms with van der Waals surface area (Å²) in [6.45, 7) is 3.63. The molecule has 0 bridgehead atoms. The van der Waals surface area contributed by atoms with Gasteiger partial charge in [0.15, 0.2) is 0 Å². The molecular weight excluding hydrogens is 1010 g/mol. The van der Waals surface area contributed by atoms with E-state index in [9.17, 15) is 59.1 Å². The molecule has 76 heavy (non-hydrogen) atoms. The number of alkyl halides is 6. The van der Waals surface area contributed by atoms with Gasteiger partial charge in [0.2, 0.25) is 17.7 Å². The van der Waals surface area contributed by atoms with Crippen molar-refractivity contribution in [2.75, 3.05) is 59.0 Å². The highest BCUT2D eigenvalue weighted by molar-refractivity contribution is 5.98. The van der Waals surface area contributed by atoms with Gasteiger partial charge in [0.25, 0.3) is 11.8 Å². The summed E-state index contributed by atoms with van der Waals surface area (Å²) in [5, 5.41) is 12.0. The molecule has 4 aromatic rings. The number of hydrogen-bond acceptors (Lipinski definition) is 8. The molecule has 21 heteroatoms. The van der Waals surface area contributed by atoms with Crippen molar-refractivity contribution in [3.63, 3.8) is 0 Å². The van der Waals surface area contributed by atoms with Crippen molar-refractivity contribution in [1.29, 1.82) is 0 Å². The third-order valence-corrected chi connectivity index (χ3v) is 14.5. The minimum atomic E-state index is -4.59. The highest BCUT2D eigenvalue weighted by Crippen LogP contribution is 2.43. The Morgan fingerprint density at radius 2 is 1.12 bits per heavy atom. The molecule has 2 aliphatic heterocycles. The standard InChI is InChI=1S/C55H61F8N7O6/c56-40-17-11-34(12-18-40)43-31-47(43)64-21-2-1-4-45(66-50(72)35-7-13-38(14-8-35)54(58,59)60)52(74)69-24-22-68(23-25-69)33-37-30-41(57)19-20-42(37)44-32-48(44)65-49(71)6-3-5-46(53(75)70-26-28-76-29-27-70)67-51(73)36-9-15-39(16-10-36)55(61,62)63/h7-20,30,43-48,64H,1-6,21-29,31-33H2,(H,65,71)(H,66,72)(H,67,73)/t43-,44-,45-,46-,47?,48?/m0/s1. The Balaban J connectivity index is 0.818. The Kier molecular flexibility index (Phi) is 18.1. The van der Waals surface area contributed by atoms with Gasteiger partial charge in [-0.1, -0.05) is 18.2 Å². The summed E-state index contributed by atoms with van der Waals surface area (Å²) in [7, 11) is 0. The minimum Gasteiger partial charge on any atom is -0.378 e. The molecule has 0 radical (unpaired) electrons. The van der Waals surface area contributed by atoms with Gasteiger partial charge < -0.3 is 35.8 Å².